The molecule has 0 aliphatic rings. The summed E-state index contributed by atoms with van der Waals surface area (Å²) in [5.74, 6) is 1.81. The molecule has 4 nitrogen and oxygen atoms in total. The van der Waals surface area contributed by atoms with Crippen LogP contribution in [0.1, 0.15) is 17.9 Å². The van der Waals surface area contributed by atoms with E-state index >= 15 is 0 Å². The molecular formula is C19H26N2O2. The first-order valence-electron chi connectivity index (χ1n) is 7.89. The van der Waals surface area contributed by atoms with E-state index in [0.29, 0.717) is 13.2 Å². The number of para-hydroxylation sites is 2. The minimum absolute atomic E-state index is 0.282. The van der Waals surface area contributed by atoms with E-state index in [-0.39, 0.29) is 5.92 Å². The van der Waals surface area contributed by atoms with Crippen molar-refractivity contribution in [2.75, 3.05) is 39.3 Å². The zero-order chi connectivity index (χ0) is 16.7. The number of anilines is 1. The van der Waals surface area contributed by atoms with Crippen LogP contribution in [-0.4, -0.2) is 34.4 Å². The van der Waals surface area contributed by atoms with Gasteiger partial charge >= 0.3 is 0 Å². The molecule has 0 aromatic heterocycles. The average molecular weight is 314 g/mol. The SMILES string of the molecule is COc1ccccc1OCCC(CN)c1cccc(N(C)C)c1. The van der Waals surface area contributed by atoms with Crippen LogP contribution in [0.25, 0.3) is 0 Å². The zero-order valence-electron chi connectivity index (χ0n) is 14.2. The molecule has 0 amide bonds. The summed E-state index contributed by atoms with van der Waals surface area (Å²) in [4.78, 5) is 2.10. The third-order valence-electron chi connectivity index (χ3n) is 3.94. The maximum absolute atomic E-state index is 5.97. The Hall–Kier alpha value is -2.20. The van der Waals surface area contributed by atoms with E-state index < -0.39 is 0 Å². The van der Waals surface area contributed by atoms with Crippen LogP contribution in [0.15, 0.2) is 48.5 Å². The molecular weight excluding hydrogens is 288 g/mol. The standard InChI is InChI=1S/C19H26N2O2/c1-21(2)17-8-6-7-15(13-17)16(14-20)11-12-23-19-10-5-4-9-18(19)22-3/h4-10,13,16H,11-12,14,20H2,1-3H3. The third kappa shape index (κ3) is 4.63. The number of nitrogens with two attached hydrogens (primary N) is 1. The second-order valence-electron chi connectivity index (χ2n) is 5.71. The number of hydrogen-bond acceptors (Lipinski definition) is 4. The Kier molecular flexibility index (Phi) is 6.29. The largest absolute Gasteiger partial charge is 0.493 e. The number of ether oxygens (including phenoxy) is 2. The number of rotatable bonds is 8. The fourth-order valence-corrected chi connectivity index (χ4v) is 2.53. The molecule has 2 aromatic carbocycles. The van der Waals surface area contributed by atoms with E-state index in [1.165, 1.54) is 11.3 Å². The molecule has 0 heterocycles. The van der Waals surface area contributed by atoms with Gasteiger partial charge in [0.25, 0.3) is 0 Å². The summed E-state index contributed by atoms with van der Waals surface area (Å²) >= 11 is 0. The molecule has 0 fully saturated rings. The van der Waals surface area contributed by atoms with Gasteiger partial charge in [0.2, 0.25) is 0 Å². The third-order valence-corrected chi connectivity index (χ3v) is 3.94. The normalized spacial score (nSPS) is 11.8. The summed E-state index contributed by atoms with van der Waals surface area (Å²) in [6.45, 7) is 1.21. The summed E-state index contributed by atoms with van der Waals surface area (Å²) in [6, 6.07) is 16.2. The van der Waals surface area contributed by atoms with Crippen LogP contribution in [0.4, 0.5) is 5.69 Å². The molecule has 2 N–H and O–H groups in total. The van der Waals surface area contributed by atoms with Crippen molar-refractivity contribution in [1.29, 1.82) is 0 Å². The van der Waals surface area contributed by atoms with E-state index in [1.54, 1.807) is 7.11 Å². The first kappa shape index (κ1) is 17.2. The Bertz CT molecular complexity index is 614. The van der Waals surface area contributed by atoms with Gasteiger partial charge in [0.15, 0.2) is 11.5 Å². The lowest BCUT2D eigenvalue weighted by Crippen LogP contribution is -2.16. The molecule has 0 bridgehead atoms. The Morgan fingerprint density at radius 3 is 2.43 bits per heavy atom. The highest BCUT2D eigenvalue weighted by Gasteiger charge is 2.12. The Labute approximate surface area is 138 Å². The molecule has 1 atom stereocenters. The second kappa shape index (κ2) is 8.44. The van der Waals surface area contributed by atoms with Crippen molar-refractivity contribution >= 4 is 5.69 Å². The maximum atomic E-state index is 5.97. The summed E-state index contributed by atoms with van der Waals surface area (Å²) in [6.07, 6.45) is 0.866. The molecule has 2 aromatic rings. The van der Waals surface area contributed by atoms with Gasteiger partial charge in [-0.05, 0) is 48.7 Å². The van der Waals surface area contributed by atoms with Gasteiger partial charge in [-0.3, -0.25) is 0 Å². The van der Waals surface area contributed by atoms with Crippen LogP contribution in [-0.2, 0) is 0 Å². The van der Waals surface area contributed by atoms with E-state index in [4.69, 9.17) is 15.2 Å². The zero-order valence-corrected chi connectivity index (χ0v) is 14.2. The van der Waals surface area contributed by atoms with E-state index in [1.807, 2.05) is 38.4 Å². The predicted molar refractivity (Wildman–Crippen MR) is 95.7 cm³/mol. The lowest BCUT2D eigenvalue weighted by atomic mass is 9.95. The summed E-state index contributed by atoms with van der Waals surface area (Å²) in [7, 11) is 5.74. The van der Waals surface area contributed by atoms with Crippen LogP contribution in [0, 0.1) is 0 Å². The van der Waals surface area contributed by atoms with Crippen molar-refractivity contribution in [1.82, 2.24) is 0 Å². The van der Waals surface area contributed by atoms with Gasteiger partial charge in [0.05, 0.1) is 13.7 Å². The molecule has 0 aliphatic carbocycles. The summed E-state index contributed by atoms with van der Waals surface area (Å²) in [5.41, 5.74) is 8.41. The highest BCUT2D eigenvalue weighted by molar-refractivity contribution is 5.48. The number of nitrogens with zero attached hydrogens (tertiary/aromatic N) is 1. The molecule has 0 spiro atoms. The van der Waals surface area contributed by atoms with Gasteiger partial charge in [-0.15, -0.1) is 0 Å². The molecule has 4 heteroatoms. The number of hydrogen-bond donors (Lipinski definition) is 1. The van der Waals surface area contributed by atoms with E-state index in [0.717, 1.165) is 17.9 Å². The Morgan fingerprint density at radius 2 is 1.78 bits per heavy atom. The Balaban J connectivity index is 1.99. The quantitative estimate of drug-likeness (QED) is 0.812. The molecule has 0 saturated carbocycles. The molecule has 1 unspecified atom stereocenters. The number of benzene rings is 2. The lowest BCUT2D eigenvalue weighted by molar-refractivity contribution is 0.280. The van der Waals surface area contributed by atoms with Gasteiger partial charge < -0.3 is 20.1 Å². The fraction of sp³-hybridized carbons (Fsp3) is 0.368. The van der Waals surface area contributed by atoms with E-state index in [9.17, 15) is 0 Å². The smallest absolute Gasteiger partial charge is 0.161 e. The van der Waals surface area contributed by atoms with Crippen molar-refractivity contribution in [3.63, 3.8) is 0 Å². The van der Waals surface area contributed by atoms with Gasteiger partial charge in [-0.2, -0.15) is 0 Å². The highest BCUT2D eigenvalue weighted by Crippen LogP contribution is 2.27. The topological polar surface area (TPSA) is 47.7 Å². The predicted octanol–water partition coefficient (Wildman–Crippen LogP) is 3.27. The summed E-state index contributed by atoms with van der Waals surface area (Å²) in [5, 5.41) is 0. The minimum atomic E-state index is 0.282. The van der Waals surface area contributed by atoms with Gasteiger partial charge in [0.1, 0.15) is 0 Å². The fourth-order valence-electron chi connectivity index (χ4n) is 2.53. The molecule has 124 valence electrons. The van der Waals surface area contributed by atoms with E-state index in [2.05, 4.69) is 29.2 Å². The van der Waals surface area contributed by atoms with Crippen molar-refractivity contribution in [3.8, 4) is 11.5 Å². The summed E-state index contributed by atoms with van der Waals surface area (Å²) < 4.78 is 11.2. The molecule has 0 saturated heterocycles. The maximum Gasteiger partial charge on any atom is 0.161 e. The van der Waals surface area contributed by atoms with Crippen LogP contribution in [0.2, 0.25) is 0 Å². The average Bonchev–Trinajstić information content (AvgIpc) is 2.59. The van der Waals surface area contributed by atoms with Crippen molar-refractivity contribution in [2.45, 2.75) is 12.3 Å². The number of methoxy groups -OCH3 is 1. The van der Waals surface area contributed by atoms with Crippen LogP contribution in [0.5, 0.6) is 11.5 Å². The molecule has 23 heavy (non-hydrogen) atoms. The monoisotopic (exact) mass is 314 g/mol. The van der Waals surface area contributed by atoms with Crippen LogP contribution < -0.4 is 20.1 Å². The van der Waals surface area contributed by atoms with Crippen LogP contribution >= 0.6 is 0 Å². The van der Waals surface area contributed by atoms with Gasteiger partial charge in [-0.1, -0.05) is 24.3 Å². The van der Waals surface area contributed by atoms with Crippen molar-refractivity contribution in [2.24, 2.45) is 5.73 Å². The molecule has 2 rings (SSSR count). The van der Waals surface area contributed by atoms with Crippen LogP contribution in [0.3, 0.4) is 0 Å². The second-order valence-corrected chi connectivity index (χ2v) is 5.71. The highest BCUT2D eigenvalue weighted by atomic mass is 16.5. The Morgan fingerprint density at radius 1 is 1.04 bits per heavy atom. The van der Waals surface area contributed by atoms with Gasteiger partial charge in [0, 0.05) is 19.8 Å². The van der Waals surface area contributed by atoms with Gasteiger partial charge in [-0.25, -0.2) is 0 Å². The molecule has 0 aliphatic heterocycles. The lowest BCUT2D eigenvalue weighted by Gasteiger charge is -2.19. The van der Waals surface area contributed by atoms with Crippen molar-refractivity contribution < 1.29 is 9.47 Å². The first-order valence-corrected chi connectivity index (χ1v) is 7.89. The molecule has 0 radical (unpaired) electrons. The first-order chi connectivity index (χ1) is 11.2. The van der Waals surface area contributed by atoms with Crippen molar-refractivity contribution in [3.05, 3.63) is 54.1 Å². The minimum Gasteiger partial charge on any atom is -0.493 e.